The quantitative estimate of drug-likeness (QED) is 0.429. The van der Waals surface area contributed by atoms with Crippen LogP contribution < -0.4 is 5.32 Å². The summed E-state index contributed by atoms with van der Waals surface area (Å²) in [4.78, 5) is 27.7. The van der Waals surface area contributed by atoms with Gasteiger partial charge in [0.15, 0.2) is 0 Å². The Bertz CT molecular complexity index is 1130. The maximum atomic E-state index is 13.5. The molecule has 3 aromatic carbocycles. The van der Waals surface area contributed by atoms with E-state index in [1.807, 2.05) is 0 Å². The molecule has 4 rings (SSSR count). The van der Waals surface area contributed by atoms with Crippen molar-refractivity contribution in [2.75, 3.05) is 38.5 Å². The van der Waals surface area contributed by atoms with Gasteiger partial charge < -0.3 is 10.2 Å². The van der Waals surface area contributed by atoms with Gasteiger partial charge in [-0.25, -0.2) is 8.78 Å². The van der Waals surface area contributed by atoms with Gasteiger partial charge in [0.2, 0.25) is 0 Å². The molecule has 1 aliphatic heterocycles. The maximum absolute atomic E-state index is 13.5. The van der Waals surface area contributed by atoms with Crippen molar-refractivity contribution in [3.8, 4) is 0 Å². The zero-order valence-corrected chi connectivity index (χ0v) is 18.6. The maximum Gasteiger partial charge on any atom is 0.270 e. The number of benzene rings is 3. The molecule has 0 unspecified atom stereocenters. The summed E-state index contributed by atoms with van der Waals surface area (Å²) in [5, 5.41) is 14.1. The third-order valence-electron chi connectivity index (χ3n) is 6.05. The van der Waals surface area contributed by atoms with Crippen LogP contribution in [0.2, 0.25) is 0 Å². The molecule has 0 bridgehead atoms. The van der Waals surface area contributed by atoms with Crippen molar-refractivity contribution in [1.29, 1.82) is 0 Å². The number of rotatable bonds is 6. The Kier molecular flexibility index (Phi) is 6.83. The summed E-state index contributed by atoms with van der Waals surface area (Å²) in [7, 11) is 1.66. The molecule has 7 nitrogen and oxygen atoms in total. The Morgan fingerprint density at radius 1 is 0.912 bits per heavy atom. The number of hydrogen-bond acceptors (Lipinski definition) is 5. The molecule has 1 N–H and O–H groups in total. The number of hydrogen-bond donors (Lipinski definition) is 1. The van der Waals surface area contributed by atoms with Gasteiger partial charge in [0.05, 0.1) is 16.5 Å². The molecule has 1 heterocycles. The SMILES string of the molecule is CNc1ccc([N+](=O)[O-])cc1C(=O)N1CCN(C(c2ccc(F)cc2)c2ccc(F)cc2)CC1. The Morgan fingerprint density at radius 3 is 1.91 bits per heavy atom. The van der Waals surface area contributed by atoms with Crippen molar-refractivity contribution in [2.24, 2.45) is 0 Å². The number of carbonyl (C=O) groups is 1. The van der Waals surface area contributed by atoms with E-state index in [0.717, 1.165) is 11.1 Å². The Hall–Kier alpha value is -3.85. The fourth-order valence-electron chi connectivity index (χ4n) is 4.30. The Labute approximate surface area is 195 Å². The second kappa shape index (κ2) is 9.96. The second-order valence-corrected chi connectivity index (χ2v) is 8.07. The first-order valence-electron chi connectivity index (χ1n) is 10.9. The highest BCUT2D eigenvalue weighted by Gasteiger charge is 2.30. The third-order valence-corrected chi connectivity index (χ3v) is 6.05. The minimum Gasteiger partial charge on any atom is -0.387 e. The third kappa shape index (κ3) is 4.89. The minimum atomic E-state index is -0.524. The Balaban J connectivity index is 1.55. The molecule has 9 heteroatoms. The van der Waals surface area contributed by atoms with Crippen LogP contribution in [-0.2, 0) is 0 Å². The molecule has 0 radical (unpaired) electrons. The lowest BCUT2D eigenvalue weighted by molar-refractivity contribution is -0.384. The summed E-state index contributed by atoms with van der Waals surface area (Å²) >= 11 is 0. The molecule has 0 aliphatic carbocycles. The number of nitro groups is 1. The van der Waals surface area contributed by atoms with Gasteiger partial charge >= 0.3 is 0 Å². The van der Waals surface area contributed by atoms with E-state index >= 15 is 0 Å². The molecule has 1 amide bonds. The zero-order valence-electron chi connectivity index (χ0n) is 18.6. The van der Waals surface area contributed by atoms with Crippen LogP contribution in [0, 0.1) is 21.7 Å². The van der Waals surface area contributed by atoms with Crippen LogP contribution in [0.3, 0.4) is 0 Å². The number of amides is 1. The van der Waals surface area contributed by atoms with Gasteiger partial charge in [-0.15, -0.1) is 0 Å². The largest absolute Gasteiger partial charge is 0.387 e. The molecule has 1 fully saturated rings. The van der Waals surface area contributed by atoms with Gasteiger partial charge in [0.1, 0.15) is 11.6 Å². The molecule has 176 valence electrons. The average Bonchev–Trinajstić information content (AvgIpc) is 2.86. The number of carbonyl (C=O) groups excluding carboxylic acids is 1. The van der Waals surface area contributed by atoms with Gasteiger partial charge in [0.25, 0.3) is 11.6 Å². The summed E-state index contributed by atoms with van der Waals surface area (Å²) in [5.41, 5.74) is 2.36. The summed E-state index contributed by atoms with van der Waals surface area (Å²) in [6.45, 7) is 1.86. The lowest BCUT2D eigenvalue weighted by Crippen LogP contribution is -2.50. The van der Waals surface area contributed by atoms with E-state index < -0.39 is 4.92 Å². The zero-order chi connectivity index (χ0) is 24.2. The van der Waals surface area contributed by atoms with Gasteiger partial charge in [-0.3, -0.25) is 19.8 Å². The number of nitro benzene ring substituents is 1. The van der Waals surface area contributed by atoms with E-state index in [-0.39, 0.29) is 34.8 Å². The van der Waals surface area contributed by atoms with Gasteiger partial charge in [-0.05, 0) is 41.5 Å². The molecule has 0 aromatic heterocycles. The molecule has 0 saturated carbocycles. The minimum absolute atomic E-state index is 0.145. The first kappa shape index (κ1) is 23.3. The van der Waals surface area contributed by atoms with E-state index in [0.29, 0.717) is 31.9 Å². The Morgan fingerprint density at radius 2 is 1.44 bits per heavy atom. The van der Waals surface area contributed by atoms with Crippen LogP contribution >= 0.6 is 0 Å². The van der Waals surface area contributed by atoms with E-state index in [9.17, 15) is 23.7 Å². The molecular formula is C25H24F2N4O3. The standard InChI is InChI=1S/C25H24F2N4O3/c1-28-23-11-10-21(31(33)34)16-22(23)25(32)30-14-12-29(13-15-30)24(17-2-6-19(26)7-3-17)18-4-8-20(27)9-5-18/h2-11,16,24,28H,12-15H2,1H3. The monoisotopic (exact) mass is 466 g/mol. The number of nitrogens with one attached hydrogen (secondary N) is 1. The van der Waals surface area contributed by atoms with Crippen LogP contribution in [0.5, 0.6) is 0 Å². The molecule has 0 atom stereocenters. The van der Waals surface area contributed by atoms with Gasteiger partial charge in [0, 0.05) is 51.0 Å². The highest BCUT2D eigenvalue weighted by Crippen LogP contribution is 2.31. The van der Waals surface area contributed by atoms with Crippen LogP contribution in [-0.4, -0.2) is 53.9 Å². The number of piperazine rings is 1. The predicted molar refractivity (Wildman–Crippen MR) is 125 cm³/mol. The van der Waals surface area contributed by atoms with Crippen LogP contribution in [0.4, 0.5) is 20.2 Å². The topological polar surface area (TPSA) is 78.7 Å². The number of non-ortho nitro benzene ring substituents is 1. The highest BCUT2D eigenvalue weighted by atomic mass is 19.1. The molecule has 34 heavy (non-hydrogen) atoms. The molecule has 1 saturated heterocycles. The predicted octanol–water partition coefficient (Wildman–Crippen LogP) is 4.46. The molecule has 1 aliphatic rings. The normalized spacial score (nSPS) is 14.3. The van der Waals surface area contributed by atoms with Crippen molar-refractivity contribution in [1.82, 2.24) is 9.80 Å². The van der Waals surface area contributed by atoms with Gasteiger partial charge in [-0.1, -0.05) is 24.3 Å². The van der Waals surface area contributed by atoms with Gasteiger partial charge in [-0.2, -0.15) is 0 Å². The smallest absolute Gasteiger partial charge is 0.270 e. The number of anilines is 1. The molecule has 0 spiro atoms. The fourth-order valence-corrected chi connectivity index (χ4v) is 4.30. The first-order valence-corrected chi connectivity index (χ1v) is 10.9. The van der Waals surface area contributed by atoms with Crippen LogP contribution in [0.1, 0.15) is 27.5 Å². The average molecular weight is 466 g/mol. The van der Waals surface area contributed by atoms with Crippen LogP contribution in [0.15, 0.2) is 66.7 Å². The van der Waals surface area contributed by atoms with Crippen molar-refractivity contribution in [3.63, 3.8) is 0 Å². The number of nitrogens with zero attached hydrogens (tertiary/aromatic N) is 3. The lowest BCUT2D eigenvalue weighted by Gasteiger charge is -2.40. The van der Waals surface area contributed by atoms with Crippen molar-refractivity contribution >= 4 is 17.3 Å². The van der Waals surface area contributed by atoms with E-state index in [1.165, 1.54) is 42.5 Å². The van der Waals surface area contributed by atoms with Crippen molar-refractivity contribution < 1.29 is 18.5 Å². The first-order chi connectivity index (χ1) is 16.4. The summed E-state index contributed by atoms with van der Waals surface area (Å²) in [5.74, 6) is -0.962. The lowest BCUT2D eigenvalue weighted by atomic mass is 9.96. The molecule has 3 aromatic rings. The van der Waals surface area contributed by atoms with E-state index in [1.54, 1.807) is 36.2 Å². The summed E-state index contributed by atoms with van der Waals surface area (Å²) in [6, 6.07) is 16.4. The van der Waals surface area contributed by atoms with Crippen molar-refractivity contribution in [2.45, 2.75) is 6.04 Å². The summed E-state index contributed by atoms with van der Waals surface area (Å²) < 4.78 is 27.1. The highest BCUT2D eigenvalue weighted by molar-refractivity contribution is 6.00. The van der Waals surface area contributed by atoms with E-state index in [4.69, 9.17) is 0 Å². The molecular weight excluding hydrogens is 442 g/mol. The van der Waals surface area contributed by atoms with Crippen LogP contribution in [0.25, 0.3) is 0 Å². The number of halogens is 2. The fraction of sp³-hybridized carbons (Fsp3) is 0.240. The second-order valence-electron chi connectivity index (χ2n) is 8.07. The summed E-state index contributed by atoms with van der Waals surface area (Å²) in [6.07, 6.45) is 0. The van der Waals surface area contributed by atoms with E-state index in [2.05, 4.69) is 10.2 Å². The van der Waals surface area contributed by atoms with Crippen molar-refractivity contribution in [3.05, 3.63) is 105 Å².